The minimum atomic E-state index is 0.670. The van der Waals surface area contributed by atoms with Crippen molar-refractivity contribution in [3.63, 3.8) is 0 Å². The van der Waals surface area contributed by atoms with Crippen molar-refractivity contribution in [2.24, 2.45) is 7.05 Å². The Morgan fingerprint density at radius 1 is 1.50 bits per heavy atom. The Labute approximate surface area is 107 Å². The lowest BCUT2D eigenvalue weighted by molar-refractivity contribution is 0.683. The van der Waals surface area contributed by atoms with Gasteiger partial charge in [-0.1, -0.05) is 16.8 Å². The molecular formula is C10H10BrClN4. The fourth-order valence-electron chi connectivity index (χ4n) is 1.29. The predicted molar refractivity (Wildman–Crippen MR) is 67.5 cm³/mol. The number of rotatable bonds is 3. The summed E-state index contributed by atoms with van der Waals surface area (Å²) in [6.07, 6.45) is 1.73. The van der Waals surface area contributed by atoms with E-state index in [2.05, 4.69) is 31.6 Å². The fourth-order valence-corrected chi connectivity index (χ4v) is 2.11. The standard InChI is InChI=1S/C10H10BrClN4/c1-16-8(6-14-15-16)5-13-10-3-2-7(12)4-9(10)11/h2-4,6,13H,5H2,1H3. The van der Waals surface area contributed by atoms with Gasteiger partial charge < -0.3 is 5.32 Å². The molecule has 0 aliphatic heterocycles. The number of halogens is 2. The molecule has 0 atom stereocenters. The lowest BCUT2D eigenvalue weighted by atomic mass is 10.3. The van der Waals surface area contributed by atoms with E-state index in [-0.39, 0.29) is 0 Å². The summed E-state index contributed by atoms with van der Waals surface area (Å²) in [5, 5.41) is 11.7. The molecule has 0 aliphatic carbocycles. The monoisotopic (exact) mass is 300 g/mol. The summed E-state index contributed by atoms with van der Waals surface area (Å²) in [5.41, 5.74) is 2.01. The summed E-state index contributed by atoms with van der Waals surface area (Å²) in [5.74, 6) is 0. The third-order valence-corrected chi connectivity index (χ3v) is 3.09. The highest BCUT2D eigenvalue weighted by Gasteiger charge is 2.02. The van der Waals surface area contributed by atoms with E-state index in [0.29, 0.717) is 11.6 Å². The molecule has 1 aromatic carbocycles. The quantitative estimate of drug-likeness (QED) is 0.948. The minimum Gasteiger partial charge on any atom is -0.378 e. The van der Waals surface area contributed by atoms with Crippen molar-refractivity contribution in [2.45, 2.75) is 6.54 Å². The first kappa shape index (κ1) is 11.4. The number of hydrogen-bond donors (Lipinski definition) is 1. The van der Waals surface area contributed by atoms with E-state index in [1.165, 1.54) is 0 Å². The first-order chi connectivity index (χ1) is 7.66. The Hall–Kier alpha value is -1.07. The highest BCUT2D eigenvalue weighted by molar-refractivity contribution is 9.10. The average Bonchev–Trinajstić information content (AvgIpc) is 2.63. The van der Waals surface area contributed by atoms with Crippen molar-refractivity contribution >= 4 is 33.2 Å². The summed E-state index contributed by atoms with van der Waals surface area (Å²) in [7, 11) is 1.86. The van der Waals surface area contributed by atoms with Crippen LogP contribution in [0.4, 0.5) is 5.69 Å². The third kappa shape index (κ3) is 2.54. The number of nitrogens with zero attached hydrogens (tertiary/aromatic N) is 3. The molecule has 0 aliphatic rings. The maximum atomic E-state index is 5.86. The molecule has 2 rings (SSSR count). The zero-order chi connectivity index (χ0) is 11.5. The van der Waals surface area contributed by atoms with E-state index < -0.39 is 0 Å². The summed E-state index contributed by atoms with van der Waals surface area (Å²) in [6, 6.07) is 5.62. The van der Waals surface area contributed by atoms with Crippen LogP contribution in [-0.4, -0.2) is 15.0 Å². The second-order valence-electron chi connectivity index (χ2n) is 3.33. The normalized spacial score (nSPS) is 10.4. The molecule has 4 nitrogen and oxygen atoms in total. The van der Waals surface area contributed by atoms with Gasteiger partial charge in [0.05, 0.1) is 18.4 Å². The number of anilines is 1. The highest BCUT2D eigenvalue weighted by Crippen LogP contribution is 2.26. The van der Waals surface area contributed by atoms with Crippen LogP contribution >= 0.6 is 27.5 Å². The Morgan fingerprint density at radius 2 is 2.31 bits per heavy atom. The van der Waals surface area contributed by atoms with Gasteiger partial charge in [-0.05, 0) is 34.1 Å². The van der Waals surface area contributed by atoms with Crippen LogP contribution in [0.3, 0.4) is 0 Å². The third-order valence-electron chi connectivity index (χ3n) is 2.20. The van der Waals surface area contributed by atoms with E-state index in [1.54, 1.807) is 10.9 Å². The Morgan fingerprint density at radius 3 is 2.94 bits per heavy atom. The maximum absolute atomic E-state index is 5.86. The molecule has 0 radical (unpaired) electrons. The van der Waals surface area contributed by atoms with E-state index in [1.807, 2.05) is 25.2 Å². The maximum Gasteiger partial charge on any atom is 0.0774 e. The lowest BCUT2D eigenvalue weighted by Crippen LogP contribution is -2.05. The van der Waals surface area contributed by atoms with Gasteiger partial charge in [0.2, 0.25) is 0 Å². The molecule has 0 spiro atoms. The van der Waals surface area contributed by atoms with Crippen molar-refractivity contribution < 1.29 is 0 Å². The number of aromatic nitrogens is 3. The molecule has 1 heterocycles. The molecule has 1 aromatic heterocycles. The molecule has 16 heavy (non-hydrogen) atoms. The molecule has 0 saturated carbocycles. The zero-order valence-corrected chi connectivity index (χ0v) is 11.0. The first-order valence-electron chi connectivity index (χ1n) is 4.69. The van der Waals surface area contributed by atoms with E-state index >= 15 is 0 Å². The van der Waals surface area contributed by atoms with Crippen molar-refractivity contribution in [1.29, 1.82) is 0 Å². The zero-order valence-electron chi connectivity index (χ0n) is 8.61. The molecule has 0 unspecified atom stereocenters. The van der Waals surface area contributed by atoms with Crippen molar-refractivity contribution in [1.82, 2.24) is 15.0 Å². The largest absolute Gasteiger partial charge is 0.378 e. The van der Waals surface area contributed by atoms with Gasteiger partial charge in [-0.25, -0.2) is 0 Å². The molecule has 6 heteroatoms. The number of nitrogens with one attached hydrogen (secondary N) is 1. The molecule has 0 amide bonds. The fraction of sp³-hybridized carbons (Fsp3) is 0.200. The van der Waals surface area contributed by atoms with Gasteiger partial charge in [-0.3, -0.25) is 4.68 Å². The Bertz CT molecular complexity index is 497. The number of hydrogen-bond acceptors (Lipinski definition) is 3. The number of aryl methyl sites for hydroxylation is 1. The van der Waals surface area contributed by atoms with Crippen LogP contribution in [-0.2, 0) is 13.6 Å². The van der Waals surface area contributed by atoms with E-state index in [4.69, 9.17) is 11.6 Å². The molecule has 84 valence electrons. The Kier molecular flexibility index (Phi) is 3.46. The number of benzene rings is 1. The van der Waals surface area contributed by atoms with Crippen LogP contribution in [0.5, 0.6) is 0 Å². The first-order valence-corrected chi connectivity index (χ1v) is 5.86. The van der Waals surface area contributed by atoms with Crippen molar-refractivity contribution in [3.8, 4) is 0 Å². The second-order valence-corrected chi connectivity index (χ2v) is 4.62. The smallest absolute Gasteiger partial charge is 0.0774 e. The van der Waals surface area contributed by atoms with Gasteiger partial charge in [-0.15, -0.1) is 5.10 Å². The summed E-state index contributed by atoms with van der Waals surface area (Å²) >= 11 is 9.30. The molecule has 0 saturated heterocycles. The van der Waals surface area contributed by atoms with Crippen LogP contribution < -0.4 is 5.32 Å². The van der Waals surface area contributed by atoms with Gasteiger partial charge in [0.25, 0.3) is 0 Å². The van der Waals surface area contributed by atoms with E-state index in [9.17, 15) is 0 Å². The van der Waals surface area contributed by atoms with Crippen molar-refractivity contribution in [3.05, 3.63) is 39.6 Å². The van der Waals surface area contributed by atoms with Gasteiger partial charge in [-0.2, -0.15) is 0 Å². The lowest BCUT2D eigenvalue weighted by Gasteiger charge is -2.08. The predicted octanol–water partition coefficient (Wildman–Crippen LogP) is 2.84. The molecule has 0 bridgehead atoms. The molecular weight excluding hydrogens is 291 g/mol. The second kappa shape index (κ2) is 4.84. The Balaban J connectivity index is 2.08. The van der Waals surface area contributed by atoms with E-state index in [0.717, 1.165) is 15.9 Å². The minimum absolute atomic E-state index is 0.670. The topological polar surface area (TPSA) is 42.7 Å². The van der Waals surface area contributed by atoms with Gasteiger partial charge >= 0.3 is 0 Å². The SMILES string of the molecule is Cn1nncc1CNc1ccc(Cl)cc1Br. The van der Waals surface area contributed by atoms with Gasteiger partial charge in [0.1, 0.15) is 0 Å². The van der Waals surface area contributed by atoms with Crippen LogP contribution in [0, 0.1) is 0 Å². The molecule has 2 aromatic rings. The van der Waals surface area contributed by atoms with Crippen LogP contribution in [0.25, 0.3) is 0 Å². The van der Waals surface area contributed by atoms with Crippen LogP contribution in [0.2, 0.25) is 5.02 Å². The average molecular weight is 302 g/mol. The highest BCUT2D eigenvalue weighted by atomic mass is 79.9. The summed E-state index contributed by atoms with van der Waals surface area (Å²) < 4.78 is 2.67. The summed E-state index contributed by atoms with van der Waals surface area (Å²) in [4.78, 5) is 0. The molecule has 1 N–H and O–H groups in total. The summed E-state index contributed by atoms with van der Waals surface area (Å²) in [6.45, 7) is 0.670. The molecule has 0 fully saturated rings. The van der Waals surface area contributed by atoms with Gasteiger partial charge in [0.15, 0.2) is 0 Å². The van der Waals surface area contributed by atoms with Crippen LogP contribution in [0.15, 0.2) is 28.9 Å². The van der Waals surface area contributed by atoms with Crippen molar-refractivity contribution in [2.75, 3.05) is 5.32 Å². The van der Waals surface area contributed by atoms with Gasteiger partial charge in [0, 0.05) is 22.2 Å². The van der Waals surface area contributed by atoms with Crippen LogP contribution in [0.1, 0.15) is 5.69 Å².